The molecule has 0 aliphatic carbocycles. The molecule has 0 saturated carbocycles. The summed E-state index contributed by atoms with van der Waals surface area (Å²) in [6, 6.07) is 15.6. The van der Waals surface area contributed by atoms with Gasteiger partial charge in [-0.25, -0.2) is 9.37 Å². The van der Waals surface area contributed by atoms with Crippen LogP contribution in [0.2, 0.25) is 0 Å². The summed E-state index contributed by atoms with van der Waals surface area (Å²) >= 11 is 1.42. The van der Waals surface area contributed by atoms with Crippen LogP contribution in [0.4, 0.5) is 9.52 Å². The quantitative estimate of drug-likeness (QED) is 0.654. The SMILES string of the molecule is CCCN(C(=O)c1cccc(F)c1)c1nc(-c2ccccc2)cs1. The number of benzene rings is 2. The lowest BCUT2D eigenvalue weighted by Crippen LogP contribution is -2.31. The van der Waals surface area contributed by atoms with Gasteiger partial charge >= 0.3 is 0 Å². The van der Waals surface area contributed by atoms with Gasteiger partial charge < -0.3 is 0 Å². The molecule has 0 spiro atoms. The normalized spacial score (nSPS) is 10.6. The highest BCUT2D eigenvalue weighted by Crippen LogP contribution is 2.28. The smallest absolute Gasteiger partial charge is 0.260 e. The average Bonchev–Trinajstić information content (AvgIpc) is 3.09. The molecule has 5 heteroatoms. The largest absolute Gasteiger partial charge is 0.284 e. The first-order valence-electron chi connectivity index (χ1n) is 7.77. The standard InChI is InChI=1S/C19H17FN2OS/c1-2-11-22(18(23)15-9-6-10-16(20)12-15)19-21-17(13-24-19)14-7-4-3-5-8-14/h3-10,12-13H,2,11H2,1H3. The van der Waals surface area contributed by atoms with Gasteiger partial charge in [0, 0.05) is 23.1 Å². The van der Waals surface area contributed by atoms with Gasteiger partial charge in [0.05, 0.1) is 5.69 Å². The molecule has 2 aromatic carbocycles. The number of nitrogens with zero attached hydrogens (tertiary/aromatic N) is 2. The predicted octanol–water partition coefficient (Wildman–Crippen LogP) is 5.01. The Bertz CT molecular complexity index is 832. The summed E-state index contributed by atoms with van der Waals surface area (Å²) in [5, 5.41) is 2.57. The third kappa shape index (κ3) is 3.51. The van der Waals surface area contributed by atoms with E-state index in [4.69, 9.17) is 0 Å². The van der Waals surface area contributed by atoms with E-state index in [1.807, 2.05) is 42.6 Å². The van der Waals surface area contributed by atoms with Gasteiger partial charge in [-0.05, 0) is 24.6 Å². The molecule has 0 aliphatic heterocycles. The molecule has 0 bridgehead atoms. The van der Waals surface area contributed by atoms with Crippen molar-refractivity contribution in [3.63, 3.8) is 0 Å². The number of aromatic nitrogens is 1. The number of rotatable bonds is 5. The van der Waals surface area contributed by atoms with Crippen LogP contribution >= 0.6 is 11.3 Å². The molecular weight excluding hydrogens is 323 g/mol. The minimum atomic E-state index is -0.415. The van der Waals surface area contributed by atoms with E-state index in [1.54, 1.807) is 17.0 Å². The fourth-order valence-electron chi connectivity index (χ4n) is 2.41. The second-order valence-corrected chi connectivity index (χ2v) is 6.19. The fourth-order valence-corrected chi connectivity index (χ4v) is 3.27. The van der Waals surface area contributed by atoms with E-state index >= 15 is 0 Å². The molecule has 3 rings (SSSR count). The van der Waals surface area contributed by atoms with Crippen molar-refractivity contribution in [1.29, 1.82) is 0 Å². The summed E-state index contributed by atoms with van der Waals surface area (Å²) in [4.78, 5) is 19.0. The van der Waals surface area contributed by atoms with Crippen LogP contribution in [-0.4, -0.2) is 17.4 Å². The third-order valence-corrected chi connectivity index (χ3v) is 4.42. The van der Waals surface area contributed by atoms with Crippen molar-refractivity contribution in [1.82, 2.24) is 4.98 Å². The van der Waals surface area contributed by atoms with Crippen LogP contribution in [0.5, 0.6) is 0 Å². The maximum absolute atomic E-state index is 13.4. The molecule has 1 heterocycles. The van der Waals surface area contributed by atoms with E-state index < -0.39 is 5.82 Å². The topological polar surface area (TPSA) is 33.2 Å². The monoisotopic (exact) mass is 340 g/mol. The second-order valence-electron chi connectivity index (χ2n) is 5.35. The first kappa shape index (κ1) is 16.3. The van der Waals surface area contributed by atoms with Crippen molar-refractivity contribution in [2.24, 2.45) is 0 Å². The molecule has 24 heavy (non-hydrogen) atoms. The molecule has 0 unspecified atom stereocenters. The number of halogens is 1. The highest BCUT2D eigenvalue weighted by atomic mass is 32.1. The van der Waals surface area contributed by atoms with E-state index in [2.05, 4.69) is 4.98 Å². The minimum Gasteiger partial charge on any atom is -0.284 e. The summed E-state index contributed by atoms with van der Waals surface area (Å²) in [6.45, 7) is 2.54. The van der Waals surface area contributed by atoms with Gasteiger partial charge in [-0.1, -0.05) is 43.3 Å². The molecule has 0 atom stereocenters. The molecular formula is C19H17FN2OS. The number of anilines is 1. The molecule has 0 N–H and O–H groups in total. The summed E-state index contributed by atoms with van der Waals surface area (Å²) in [5.74, 6) is -0.647. The Kier molecular flexibility index (Phi) is 5.01. The number of hydrogen-bond acceptors (Lipinski definition) is 3. The molecule has 0 radical (unpaired) electrons. The van der Waals surface area contributed by atoms with Crippen LogP contribution in [-0.2, 0) is 0 Å². The second kappa shape index (κ2) is 7.36. The van der Waals surface area contributed by atoms with E-state index in [1.165, 1.54) is 23.5 Å². The van der Waals surface area contributed by atoms with E-state index in [0.29, 0.717) is 17.2 Å². The zero-order valence-corrected chi connectivity index (χ0v) is 14.1. The van der Waals surface area contributed by atoms with Crippen LogP contribution in [0.25, 0.3) is 11.3 Å². The Labute approximate surface area is 144 Å². The van der Waals surface area contributed by atoms with Gasteiger partial charge in [0.1, 0.15) is 5.82 Å². The van der Waals surface area contributed by atoms with Gasteiger partial charge in [-0.3, -0.25) is 9.69 Å². The predicted molar refractivity (Wildman–Crippen MR) is 95.9 cm³/mol. The van der Waals surface area contributed by atoms with Crippen molar-refractivity contribution in [2.75, 3.05) is 11.4 Å². The number of hydrogen-bond donors (Lipinski definition) is 0. The van der Waals surface area contributed by atoms with E-state index in [9.17, 15) is 9.18 Å². The van der Waals surface area contributed by atoms with Crippen LogP contribution in [0.3, 0.4) is 0 Å². The highest BCUT2D eigenvalue weighted by Gasteiger charge is 2.20. The molecule has 122 valence electrons. The molecule has 3 aromatic rings. The lowest BCUT2D eigenvalue weighted by Gasteiger charge is -2.19. The third-order valence-electron chi connectivity index (χ3n) is 3.56. The zero-order valence-electron chi connectivity index (χ0n) is 13.3. The molecule has 0 aliphatic rings. The molecule has 0 fully saturated rings. The summed E-state index contributed by atoms with van der Waals surface area (Å²) in [6.07, 6.45) is 0.793. The van der Waals surface area contributed by atoms with Crippen molar-refractivity contribution in [2.45, 2.75) is 13.3 Å². The molecule has 0 saturated heterocycles. The molecule has 1 aromatic heterocycles. The number of carbonyl (C=O) groups is 1. The fraction of sp³-hybridized carbons (Fsp3) is 0.158. The van der Waals surface area contributed by atoms with Gasteiger partial charge in [0.15, 0.2) is 5.13 Å². The Hall–Kier alpha value is -2.53. The lowest BCUT2D eigenvalue weighted by molar-refractivity contribution is 0.0986. The lowest BCUT2D eigenvalue weighted by atomic mass is 10.2. The van der Waals surface area contributed by atoms with Gasteiger partial charge in [0.25, 0.3) is 5.91 Å². The first-order chi connectivity index (χ1) is 11.7. The number of carbonyl (C=O) groups excluding carboxylic acids is 1. The average molecular weight is 340 g/mol. The highest BCUT2D eigenvalue weighted by molar-refractivity contribution is 7.14. The van der Waals surface area contributed by atoms with Crippen LogP contribution in [0, 0.1) is 5.82 Å². The van der Waals surface area contributed by atoms with Crippen molar-refractivity contribution >= 4 is 22.4 Å². The molecule has 3 nitrogen and oxygen atoms in total. The Morgan fingerprint density at radius 1 is 1.17 bits per heavy atom. The van der Waals surface area contributed by atoms with Crippen molar-refractivity contribution in [3.8, 4) is 11.3 Å². The Balaban J connectivity index is 1.91. The van der Waals surface area contributed by atoms with E-state index in [0.717, 1.165) is 17.7 Å². The van der Waals surface area contributed by atoms with Crippen LogP contribution in [0.15, 0.2) is 60.0 Å². The Morgan fingerprint density at radius 2 is 1.96 bits per heavy atom. The zero-order chi connectivity index (χ0) is 16.9. The van der Waals surface area contributed by atoms with Gasteiger partial charge in [-0.15, -0.1) is 11.3 Å². The van der Waals surface area contributed by atoms with Crippen molar-refractivity contribution < 1.29 is 9.18 Å². The van der Waals surface area contributed by atoms with Crippen LogP contribution in [0.1, 0.15) is 23.7 Å². The summed E-state index contributed by atoms with van der Waals surface area (Å²) in [7, 11) is 0. The van der Waals surface area contributed by atoms with Crippen LogP contribution < -0.4 is 4.90 Å². The minimum absolute atomic E-state index is 0.231. The number of thiazole rings is 1. The first-order valence-corrected chi connectivity index (χ1v) is 8.65. The van der Waals surface area contributed by atoms with Gasteiger partial charge in [0.2, 0.25) is 0 Å². The molecule has 1 amide bonds. The van der Waals surface area contributed by atoms with E-state index in [-0.39, 0.29) is 5.91 Å². The maximum Gasteiger partial charge on any atom is 0.260 e. The summed E-state index contributed by atoms with van der Waals surface area (Å²) in [5.41, 5.74) is 2.18. The maximum atomic E-state index is 13.4. The van der Waals surface area contributed by atoms with Crippen molar-refractivity contribution in [3.05, 3.63) is 71.4 Å². The summed E-state index contributed by atoms with van der Waals surface area (Å²) < 4.78 is 13.4. The Morgan fingerprint density at radius 3 is 2.67 bits per heavy atom. The van der Waals surface area contributed by atoms with Gasteiger partial charge in [-0.2, -0.15) is 0 Å². The number of amides is 1.